The minimum atomic E-state index is -4.12. The summed E-state index contributed by atoms with van der Waals surface area (Å²) < 4.78 is 39.7. The van der Waals surface area contributed by atoms with E-state index < -0.39 is 12.1 Å². The van der Waals surface area contributed by atoms with Crippen LogP contribution in [0.3, 0.4) is 0 Å². The number of halogens is 3. The van der Waals surface area contributed by atoms with Crippen LogP contribution in [0.4, 0.5) is 13.2 Å². The highest BCUT2D eigenvalue weighted by Crippen LogP contribution is 2.25. The molecule has 0 amide bonds. The van der Waals surface area contributed by atoms with E-state index in [1.807, 2.05) is 0 Å². The van der Waals surface area contributed by atoms with Gasteiger partial charge in [-0.25, -0.2) is 0 Å². The SMILES string of the molecule is CCOCC(C)C(F)(F)F. The smallest absolute Gasteiger partial charge is 0.381 e. The van der Waals surface area contributed by atoms with Gasteiger partial charge in [-0.2, -0.15) is 13.2 Å². The summed E-state index contributed by atoms with van der Waals surface area (Å²) >= 11 is 0. The van der Waals surface area contributed by atoms with Gasteiger partial charge in [-0.15, -0.1) is 0 Å². The lowest BCUT2D eigenvalue weighted by atomic mass is 10.2. The Balaban J connectivity index is 3.52. The third-order valence-electron chi connectivity index (χ3n) is 1.13. The molecule has 0 N–H and O–H groups in total. The van der Waals surface area contributed by atoms with Gasteiger partial charge in [0.1, 0.15) is 0 Å². The Kier molecular flexibility index (Phi) is 3.71. The van der Waals surface area contributed by atoms with Crippen molar-refractivity contribution in [2.45, 2.75) is 20.0 Å². The molecule has 10 heavy (non-hydrogen) atoms. The molecule has 0 fully saturated rings. The first-order valence-electron chi connectivity index (χ1n) is 3.13. The van der Waals surface area contributed by atoms with E-state index in [0.29, 0.717) is 6.61 Å². The van der Waals surface area contributed by atoms with Crippen LogP contribution < -0.4 is 0 Å². The Morgan fingerprint density at radius 2 is 1.90 bits per heavy atom. The molecule has 62 valence electrons. The van der Waals surface area contributed by atoms with Gasteiger partial charge in [0.2, 0.25) is 0 Å². The molecule has 0 bridgehead atoms. The van der Waals surface area contributed by atoms with Gasteiger partial charge in [-0.05, 0) is 6.92 Å². The molecule has 0 aliphatic rings. The second-order valence-electron chi connectivity index (χ2n) is 2.10. The van der Waals surface area contributed by atoms with Crippen LogP contribution in [0.1, 0.15) is 13.8 Å². The van der Waals surface area contributed by atoms with Gasteiger partial charge in [0.25, 0.3) is 0 Å². The fourth-order valence-corrected chi connectivity index (χ4v) is 0.389. The third-order valence-corrected chi connectivity index (χ3v) is 1.13. The predicted octanol–water partition coefficient (Wildman–Crippen LogP) is 2.22. The summed E-state index contributed by atoms with van der Waals surface area (Å²) in [4.78, 5) is 0. The largest absolute Gasteiger partial charge is 0.393 e. The third kappa shape index (κ3) is 3.71. The van der Waals surface area contributed by atoms with Gasteiger partial charge >= 0.3 is 6.18 Å². The lowest BCUT2D eigenvalue weighted by molar-refractivity contribution is -0.182. The molecule has 0 aromatic carbocycles. The van der Waals surface area contributed by atoms with E-state index in [9.17, 15) is 13.2 Å². The molecule has 0 rings (SSSR count). The maximum absolute atomic E-state index is 11.7. The predicted molar refractivity (Wildman–Crippen MR) is 31.7 cm³/mol. The molecular formula is C6H11F3O. The van der Waals surface area contributed by atoms with E-state index in [4.69, 9.17) is 0 Å². The van der Waals surface area contributed by atoms with Crippen LogP contribution in [0.25, 0.3) is 0 Å². The Morgan fingerprint density at radius 3 is 2.20 bits per heavy atom. The molecule has 0 aromatic heterocycles. The summed E-state index contributed by atoms with van der Waals surface area (Å²) in [7, 11) is 0. The quantitative estimate of drug-likeness (QED) is 0.608. The van der Waals surface area contributed by atoms with Gasteiger partial charge in [0, 0.05) is 6.61 Å². The Morgan fingerprint density at radius 1 is 1.40 bits per heavy atom. The van der Waals surface area contributed by atoms with E-state index in [1.165, 1.54) is 0 Å². The molecular weight excluding hydrogens is 145 g/mol. The maximum Gasteiger partial charge on any atom is 0.393 e. The lowest BCUT2D eigenvalue weighted by Gasteiger charge is -2.14. The molecule has 0 saturated carbocycles. The molecule has 1 atom stereocenters. The van der Waals surface area contributed by atoms with Crippen molar-refractivity contribution in [3.8, 4) is 0 Å². The van der Waals surface area contributed by atoms with Gasteiger partial charge in [-0.1, -0.05) is 6.92 Å². The minimum absolute atomic E-state index is 0.236. The summed E-state index contributed by atoms with van der Waals surface area (Å²) in [6.45, 7) is 2.87. The monoisotopic (exact) mass is 156 g/mol. The van der Waals surface area contributed by atoms with Crippen molar-refractivity contribution < 1.29 is 17.9 Å². The first kappa shape index (κ1) is 9.75. The summed E-state index contributed by atoms with van der Waals surface area (Å²) in [5.74, 6) is -1.35. The molecule has 0 radical (unpaired) electrons. The van der Waals surface area contributed by atoms with Crippen LogP contribution in [-0.4, -0.2) is 19.4 Å². The molecule has 0 aliphatic heterocycles. The van der Waals surface area contributed by atoms with Crippen LogP contribution in [0, 0.1) is 5.92 Å². The molecule has 0 saturated heterocycles. The lowest BCUT2D eigenvalue weighted by Crippen LogP contribution is -2.24. The van der Waals surface area contributed by atoms with Gasteiger partial charge in [-0.3, -0.25) is 0 Å². The van der Waals surface area contributed by atoms with Gasteiger partial charge in [0.05, 0.1) is 12.5 Å². The van der Waals surface area contributed by atoms with Crippen molar-refractivity contribution in [2.75, 3.05) is 13.2 Å². The summed E-state index contributed by atoms with van der Waals surface area (Å²) in [6.07, 6.45) is -4.12. The van der Waals surface area contributed by atoms with Crippen molar-refractivity contribution in [1.29, 1.82) is 0 Å². The molecule has 1 nitrogen and oxygen atoms in total. The zero-order valence-corrected chi connectivity index (χ0v) is 6.03. The normalized spacial score (nSPS) is 15.3. The highest BCUT2D eigenvalue weighted by atomic mass is 19.4. The fraction of sp³-hybridized carbons (Fsp3) is 1.00. The topological polar surface area (TPSA) is 9.23 Å². The van der Waals surface area contributed by atoms with Crippen LogP contribution in [0.2, 0.25) is 0 Å². The van der Waals surface area contributed by atoms with Gasteiger partial charge < -0.3 is 4.74 Å². The van der Waals surface area contributed by atoms with E-state index in [0.717, 1.165) is 6.92 Å². The van der Waals surface area contributed by atoms with Crippen LogP contribution in [-0.2, 0) is 4.74 Å². The van der Waals surface area contributed by atoms with E-state index in [1.54, 1.807) is 6.92 Å². The second-order valence-corrected chi connectivity index (χ2v) is 2.10. The number of hydrogen-bond donors (Lipinski definition) is 0. The molecule has 0 aromatic rings. The number of alkyl halides is 3. The van der Waals surface area contributed by atoms with Crippen LogP contribution in [0.15, 0.2) is 0 Å². The number of hydrogen-bond acceptors (Lipinski definition) is 1. The first-order chi connectivity index (χ1) is 4.48. The average Bonchev–Trinajstić information content (AvgIpc) is 1.80. The summed E-state index contributed by atoms with van der Waals surface area (Å²) in [6, 6.07) is 0. The second kappa shape index (κ2) is 3.81. The van der Waals surface area contributed by atoms with Crippen molar-refractivity contribution in [2.24, 2.45) is 5.92 Å². The number of rotatable bonds is 3. The summed E-state index contributed by atoms with van der Waals surface area (Å²) in [5.41, 5.74) is 0. The van der Waals surface area contributed by atoms with Crippen molar-refractivity contribution in [1.82, 2.24) is 0 Å². The maximum atomic E-state index is 11.7. The Labute approximate surface area is 58.2 Å². The zero-order valence-electron chi connectivity index (χ0n) is 6.03. The molecule has 0 heterocycles. The van der Waals surface area contributed by atoms with Crippen LogP contribution in [0.5, 0.6) is 0 Å². The molecule has 4 heteroatoms. The highest BCUT2D eigenvalue weighted by Gasteiger charge is 2.35. The summed E-state index contributed by atoms with van der Waals surface area (Å²) in [5, 5.41) is 0. The highest BCUT2D eigenvalue weighted by molar-refractivity contribution is 4.59. The van der Waals surface area contributed by atoms with Gasteiger partial charge in [0.15, 0.2) is 0 Å². The van der Waals surface area contributed by atoms with E-state index in [2.05, 4.69) is 4.74 Å². The van der Waals surface area contributed by atoms with Crippen molar-refractivity contribution in [3.05, 3.63) is 0 Å². The first-order valence-corrected chi connectivity index (χ1v) is 3.13. The fourth-order valence-electron chi connectivity index (χ4n) is 0.389. The van der Waals surface area contributed by atoms with Crippen LogP contribution >= 0.6 is 0 Å². The molecule has 0 aliphatic carbocycles. The molecule has 1 unspecified atom stereocenters. The average molecular weight is 156 g/mol. The zero-order chi connectivity index (χ0) is 8.20. The van der Waals surface area contributed by atoms with Crippen molar-refractivity contribution in [3.63, 3.8) is 0 Å². The van der Waals surface area contributed by atoms with Crippen molar-refractivity contribution >= 4 is 0 Å². The standard InChI is InChI=1S/C6H11F3O/c1-3-10-4-5(2)6(7,8)9/h5H,3-4H2,1-2H3. The minimum Gasteiger partial charge on any atom is -0.381 e. The molecule has 0 spiro atoms. The van der Waals surface area contributed by atoms with E-state index in [-0.39, 0.29) is 6.61 Å². The van der Waals surface area contributed by atoms with E-state index >= 15 is 0 Å². The Bertz CT molecular complexity index is 89.5. The number of ether oxygens (including phenoxy) is 1. The Hall–Kier alpha value is -0.250.